The molecule has 0 aliphatic carbocycles. The third kappa shape index (κ3) is 2.06. The van der Waals surface area contributed by atoms with E-state index in [1.807, 2.05) is 0 Å². The predicted molar refractivity (Wildman–Crippen MR) is 44.0 cm³/mol. The van der Waals surface area contributed by atoms with Crippen molar-refractivity contribution in [3.05, 3.63) is 17.5 Å². The van der Waals surface area contributed by atoms with Crippen LogP contribution >= 0.6 is 0 Å². The maximum absolute atomic E-state index is 12.2. The smallest absolute Gasteiger partial charge is 0.325 e. The molecule has 1 heterocycles. The van der Waals surface area contributed by atoms with Crippen molar-refractivity contribution in [1.29, 1.82) is 0 Å². The molecule has 0 bridgehead atoms. The summed E-state index contributed by atoms with van der Waals surface area (Å²) in [6, 6.07) is 0.900. The van der Waals surface area contributed by atoms with Crippen LogP contribution in [0.3, 0.4) is 0 Å². The molecule has 0 saturated carbocycles. The van der Waals surface area contributed by atoms with Gasteiger partial charge in [-0.1, -0.05) is 5.92 Å². The van der Waals surface area contributed by atoms with Crippen LogP contribution in [0.4, 0.5) is 13.2 Å². The summed E-state index contributed by atoms with van der Waals surface area (Å²) in [6.45, 7) is -0.0344. The van der Waals surface area contributed by atoms with Gasteiger partial charge in [-0.15, -0.1) is 6.42 Å². The summed E-state index contributed by atoms with van der Waals surface area (Å²) >= 11 is 0. The van der Waals surface area contributed by atoms with Crippen LogP contribution in [0.25, 0.3) is 0 Å². The minimum Gasteiger partial charge on any atom is -0.325 e. The van der Waals surface area contributed by atoms with Gasteiger partial charge in [-0.2, -0.15) is 18.3 Å². The Kier molecular flexibility index (Phi) is 2.81. The molecule has 3 nitrogen and oxygen atoms in total. The van der Waals surface area contributed by atoms with E-state index >= 15 is 0 Å². The number of rotatable bonds is 2. The second-order valence-corrected chi connectivity index (χ2v) is 2.58. The number of hydrogen-bond acceptors (Lipinski definition) is 2. The molecule has 1 aromatic rings. The lowest BCUT2D eigenvalue weighted by Crippen LogP contribution is -2.09. The summed E-state index contributed by atoms with van der Waals surface area (Å²) in [5.74, 6) is 2.20. The van der Waals surface area contributed by atoms with E-state index in [9.17, 15) is 13.2 Å². The molecule has 0 spiro atoms. The topological polar surface area (TPSA) is 43.8 Å². The van der Waals surface area contributed by atoms with Crippen molar-refractivity contribution in [2.75, 3.05) is 0 Å². The maximum atomic E-state index is 12.2. The van der Waals surface area contributed by atoms with E-state index in [1.54, 1.807) is 0 Å². The normalized spacial score (nSPS) is 11.4. The van der Waals surface area contributed by atoms with Crippen molar-refractivity contribution in [2.45, 2.75) is 19.3 Å². The van der Waals surface area contributed by atoms with E-state index in [4.69, 9.17) is 12.2 Å². The van der Waals surface area contributed by atoms with E-state index < -0.39 is 11.9 Å². The van der Waals surface area contributed by atoms with Gasteiger partial charge in [0.2, 0.25) is 0 Å². The Balaban J connectivity index is 3.08. The van der Waals surface area contributed by atoms with Crippen molar-refractivity contribution >= 4 is 0 Å². The third-order valence-corrected chi connectivity index (χ3v) is 1.60. The summed E-state index contributed by atoms with van der Waals surface area (Å²) in [5.41, 5.74) is 4.55. The molecule has 6 heteroatoms. The van der Waals surface area contributed by atoms with Crippen LogP contribution in [-0.4, -0.2) is 9.78 Å². The molecular formula is C8H8F3N3. The molecule has 0 aromatic carbocycles. The second-order valence-electron chi connectivity index (χ2n) is 2.58. The highest BCUT2D eigenvalue weighted by molar-refractivity contribution is 5.14. The second kappa shape index (κ2) is 3.72. The van der Waals surface area contributed by atoms with Crippen molar-refractivity contribution in [3.63, 3.8) is 0 Å². The first-order valence-corrected chi connectivity index (χ1v) is 3.76. The van der Waals surface area contributed by atoms with E-state index in [-0.39, 0.29) is 18.8 Å². The molecule has 0 fully saturated rings. The van der Waals surface area contributed by atoms with Crippen LogP contribution in [-0.2, 0) is 19.3 Å². The van der Waals surface area contributed by atoms with Gasteiger partial charge >= 0.3 is 6.18 Å². The average molecular weight is 203 g/mol. The Bertz CT molecular complexity index is 359. The van der Waals surface area contributed by atoms with Gasteiger partial charge in [0, 0.05) is 6.54 Å². The SMILES string of the molecule is C#CCn1nc(C(F)(F)F)cc1CN. The lowest BCUT2D eigenvalue weighted by molar-refractivity contribution is -0.141. The Morgan fingerprint density at radius 1 is 1.57 bits per heavy atom. The van der Waals surface area contributed by atoms with Gasteiger partial charge in [-0.25, -0.2) is 0 Å². The summed E-state index contributed by atoms with van der Waals surface area (Å²) < 4.78 is 37.6. The molecule has 0 radical (unpaired) electrons. The van der Waals surface area contributed by atoms with Gasteiger partial charge in [0.25, 0.3) is 0 Å². The fourth-order valence-corrected chi connectivity index (χ4v) is 0.982. The summed E-state index contributed by atoms with van der Waals surface area (Å²) in [5, 5.41) is 3.31. The van der Waals surface area contributed by atoms with Gasteiger partial charge in [0.05, 0.1) is 5.69 Å². The van der Waals surface area contributed by atoms with Crippen molar-refractivity contribution < 1.29 is 13.2 Å². The lowest BCUT2D eigenvalue weighted by Gasteiger charge is -2.00. The van der Waals surface area contributed by atoms with Crippen LogP contribution in [0.2, 0.25) is 0 Å². The number of hydrogen-bond donors (Lipinski definition) is 1. The number of terminal acetylenes is 1. The first kappa shape index (κ1) is 10.6. The molecule has 14 heavy (non-hydrogen) atoms. The standard InChI is InChI=1S/C8H8F3N3/c1-2-3-14-6(5-12)4-7(13-14)8(9,10)11/h1,4H,3,5,12H2. The largest absolute Gasteiger partial charge is 0.435 e. The van der Waals surface area contributed by atoms with Crippen LogP contribution in [0.5, 0.6) is 0 Å². The van der Waals surface area contributed by atoms with E-state index in [0.29, 0.717) is 0 Å². The molecule has 2 N–H and O–H groups in total. The average Bonchev–Trinajstić information content (AvgIpc) is 2.47. The number of aromatic nitrogens is 2. The number of alkyl halides is 3. The lowest BCUT2D eigenvalue weighted by atomic mass is 10.3. The van der Waals surface area contributed by atoms with E-state index in [0.717, 1.165) is 10.7 Å². The zero-order valence-corrected chi connectivity index (χ0v) is 7.17. The molecular weight excluding hydrogens is 195 g/mol. The van der Waals surface area contributed by atoms with Gasteiger partial charge in [-0.3, -0.25) is 4.68 Å². The van der Waals surface area contributed by atoms with Gasteiger partial charge in [-0.05, 0) is 6.07 Å². The number of nitrogens with zero attached hydrogens (tertiary/aromatic N) is 2. The minimum atomic E-state index is -4.45. The number of nitrogens with two attached hydrogens (primary N) is 1. The van der Waals surface area contributed by atoms with Gasteiger partial charge < -0.3 is 5.73 Å². The maximum Gasteiger partial charge on any atom is 0.435 e. The van der Waals surface area contributed by atoms with Crippen LogP contribution < -0.4 is 5.73 Å². The molecule has 1 rings (SSSR count). The number of halogens is 3. The predicted octanol–water partition coefficient (Wildman–Crippen LogP) is 0.994. The van der Waals surface area contributed by atoms with Gasteiger partial charge in [0.15, 0.2) is 5.69 Å². The van der Waals surface area contributed by atoms with Crippen molar-refractivity contribution in [1.82, 2.24) is 9.78 Å². The van der Waals surface area contributed by atoms with Crippen molar-refractivity contribution in [3.8, 4) is 12.3 Å². The highest BCUT2D eigenvalue weighted by atomic mass is 19.4. The van der Waals surface area contributed by atoms with E-state index in [2.05, 4.69) is 11.0 Å². The minimum absolute atomic E-state index is 0.0113. The highest BCUT2D eigenvalue weighted by Gasteiger charge is 2.34. The van der Waals surface area contributed by atoms with Crippen LogP contribution in [0, 0.1) is 12.3 Å². The molecule has 0 atom stereocenters. The highest BCUT2D eigenvalue weighted by Crippen LogP contribution is 2.28. The van der Waals surface area contributed by atoms with Crippen LogP contribution in [0.1, 0.15) is 11.4 Å². The van der Waals surface area contributed by atoms with Gasteiger partial charge in [0.1, 0.15) is 6.54 Å². The summed E-state index contributed by atoms with van der Waals surface area (Å²) in [6.07, 6.45) is 0.515. The summed E-state index contributed by atoms with van der Waals surface area (Å²) in [4.78, 5) is 0. The Hall–Kier alpha value is -1.48. The van der Waals surface area contributed by atoms with Crippen molar-refractivity contribution in [2.24, 2.45) is 5.73 Å². The monoisotopic (exact) mass is 203 g/mol. The van der Waals surface area contributed by atoms with Crippen LogP contribution in [0.15, 0.2) is 6.07 Å². The molecule has 0 aliphatic heterocycles. The molecule has 0 amide bonds. The Morgan fingerprint density at radius 3 is 2.64 bits per heavy atom. The molecule has 1 aromatic heterocycles. The fourth-order valence-electron chi connectivity index (χ4n) is 0.982. The first-order chi connectivity index (χ1) is 6.49. The third-order valence-electron chi connectivity index (χ3n) is 1.60. The first-order valence-electron chi connectivity index (χ1n) is 3.76. The zero-order chi connectivity index (χ0) is 10.8. The Labute approximate surface area is 78.7 Å². The molecule has 0 aliphatic rings. The fraction of sp³-hybridized carbons (Fsp3) is 0.375. The molecule has 0 saturated heterocycles. The zero-order valence-electron chi connectivity index (χ0n) is 7.17. The summed E-state index contributed by atoms with van der Waals surface area (Å²) in [7, 11) is 0. The Morgan fingerprint density at radius 2 is 2.21 bits per heavy atom. The molecule has 0 unspecified atom stereocenters. The quantitative estimate of drug-likeness (QED) is 0.728. The van der Waals surface area contributed by atoms with E-state index in [1.165, 1.54) is 0 Å². The molecule has 76 valence electrons.